The Morgan fingerprint density at radius 2 is 2.00 bits per heavy atom. The van der Waals surface area contributed by atoms with Crippen LogP contribution in [-0.4, -0.2) is 28.3 Å². The molecule has 0 spiro atoms. The van der Waals surface area contributed by atoms with E-state index in [9.17, 15) is 16.8 Å². The van der Waals surface area contributed by atoms with Crippen molar-refractivity contribution in [3.8, 4) is 0 Å². The third-order valence-electron chi connectivity index (χ3n) is 2.23. The lowest BCUT2D eigenvalue weighted by Gasteiger charge is -2.21. The zero-order valence-electron chi connectivity index (χ0n) is 7.44. The Morgan fingerprint density at radius 1 is 1.43 bits per heavy atom. The molecule has 0 aliphatic carbocycles. The highest BCUT2D eigenvalue weighted by molar-refractivity contribution is 8.16. The maximum Gasteiger partial charge on any atom is 0.257 e. The highest BCUT2D eigenvalue weighted by Crippen LogP contribution is 2.28. The van der Waals surface area contributed by atoms with E-state index >= 15 is 0 Å². The van der Waals surface area contributed by atoms with Crippen LogP contribution in [0.5, 0.6) is 0 Å². The molecule has 14 heavy (non-hydrogen) atoms. The number of hydrogen-bond donors (Lipinski definition) is 0. The Morgan fingerprint density at radius 3 is 2.43 bits per heavy atom. The third kappa shape index (κ3) is 2.96. The summed E-state index contributed by atoms with van der Waals surface area (Å²) < 4.78 is 44.3. The SMILES string of the molecule is C=C(C1CCCS(=O)(=O)C1)S(=O)(=O)Cl. The number of halogens is 1. The van der Waals surface area contributed by atoms with Crippen molar-refractivity contribution in [2.24, 2.45) is 5.92 Å². The summed E-state index contributed by atoms with van der Waals surface area (Å²) in [7, 11) is -1.87. The summed E-state index contributed by atoms with van der Waals surface area (Å²) in [4.78, 5) is -0.178. The average molecular weight is 259 g/mol. The van der Waals surface area contributed by atoms with Gasteiger partial charge in [0, 0.05) is 16.6 Å². The molecule has 82 valence electrons. The van der Waals surface area contributed by atoms with Gasteiger partial charge in [-0.2, -0.15) is 0 Å². The summed E-state index contributed by atoms with van der Waals surface area (Å²) in [5.74, 6) is -0.576. The first kappa shape index (κ1) is 12.0. The highest BCUT2D eigenvalue weighted by Gasteiger charge is 2.31. The van der Waals surface area contributed by atoms with Gasteiger partial charge in [0.2, 0.25) is 0 Å². The van der Waals surface area contributed by atoms with Crippen molar-refractivity contribution in [3.63, 3.8) is 0 Å². The molecule has 7 heteroatoms. The minimum absolute atomic E-state index is 0.124. The van der Waals surface area contributed by atoms with Crippen molar-refractivity contribution < 1.29 is 16.8 Å². The van der Waals surface area contributed by atoms with Crippen molar-refractivity contribution in [2.75, 3.05) is 11.5 Å². The van der Waals surface area contributed by atoms with Crippen LogP contribution in [0.15, 0.2) is 11.5 Å². The smallest absolute Gasteiger partial charge is 0.229 e. The van der Waals surface area contributed by atoms with Crippen LogP contribution in [0.3, 0.4) is 0 Å². The quantitative estimate of drug-likeness (QED) is 0.690. The fraction of sp³-hybridized carbons (Fsp3) is 0.714. The topological polar surface area (TPSA) is 68.3 Å². The van der Waals surface area contributed by atoms with Gasteiger partial charge in [0.25, 0.3) is 9.05 Å². The lowest BCUT2D eigenvalue weighted by atomic mass is 10.1. The molecule has 0 aromatic carbocycles. The van der Waals surface area contributed by atoms with Gasteiger partial charge in [-0.25, -0.2) is 16.8 Å². The number of allylic oxidation sites excluding steroid dienone is 1. The van der Waals surface area contributed by atoms with Crippen molar-refractivity contribution in [2.45, 2.75) is 12.8 Å². The van der Waals surface area contributed by atoms with E-state index < -0.39 is 24.8 Å². The summed E-state index contributed by atoms with van der Waals surface area (Å²) in [6.07, 6.45) is 0.989. The maximum atomic E-state index is 11.2. The first-order valence-electron chi connectivity index (χ1n) is 4.06. The van der Waals surface area contributed by atoms with E-state index in [2.05, 4.69) is 6.58 Å². The molecular weight excluding hydrogens is 248 g/mol. The third-order valence-corrected chi connectivity index (χ3v) is 5.61. The molecule has 0 saturated carbocycles. The lowest BCUT2D eigenvalue weighted by Crippen LogP contribution is -2.27. The predicted molar refractivity (Wildman–Crippen MR) is 55.3 cm³/mol. The highest BCUT2D eigenvalue weighted by atomic mass is 35.7. The van der Waals surface area contributed by atoms with Crippen molar-refractivity contribution >= 4 is 29.6 Å². The van der Waals surface area contributed by atoms with Crippen LogP contribution in [0.2, 0.25) is 0 Å². The van der Waals surface area contributed by atoms with Crippen LogP contribution < -0.4 is 0 Å². The van der Waals surface area contributed by atoms with E-state index in [1.54, 1.807) is 0 Å². The molecule has 0 radical (unpaired) electrons. The van der Waals surface area contributed by atoms with Crippen LogP contribution in [0, 0.1) is 5.92 Å². The Labute approximate surface area is 88.3 Å². The molecule has 1 heterocycles. The van der Waals surface area contributed by atoms with Gasteiger partial charge in [0.05, 0.1) is 16.4 Å². The second-order valence-corrected chi connectivity index (χ2v) is 8.21. The monoisotopic (exact) mass is 258 g/mol. The van der Waals surface area contributed by atoms with Gasteiger partial charge in [-0.3, -0.25) is 0 Å². The summed E-state index contributed by atoms with van der Waals surface area (Å²) in [5, 5.41) is 0. The van der Waals surface area contributed by atoms with Gasteiger partial charge in [0.15, 0.2) is 9.84 Å². The van der Waals surface area contributed by atoms with Crippen LogP contribution in [0.1, 0.15) is 12.8 Å². The normalized spacial score (nSPS) is 27.1. The Hall–Kier alpha value is -0.0700. The van der Waals surface area contributed by atoms with E-state index in [0.717, 1.165) is 0 Å². The molecular formula is C7H11ClO4S2. The zero-order valence-corrected chi connectivity index (χ0v) is 9.83. The summed E-state index contributed by atoms with van der Waals surface area (Å²) in [6.45, 7) is 3.33. The largest absolute Gasteiger partial charge is 0.257 e. The van der Waals surface area contributed by atoms with Gasteiger partial charge in [-0.05, 0) is 12.8 Å². The van der Waals surface area contributed by atoms with Gasteiger partial charge in [-0.1, -0.05) is 6.58 Å². The molecule has 1 saturated heterocycles. The molecule has 1 aliphatic heterocycles. The van der Waals surface area contributed by atoms with Crippen LogP contribution in [-0.2, 0) is 18.9 Å². The molecule has 0 aromatic heterocycles. The molecule has 1 fully saturated rings. The van der Waals surface area contributed by atoms with E-state index in [4.69, 9.17) is 10.7 Å². The van der Waals surface area contributed by atoms with E-state index in [0.29, 0.717) is 12.8 Å². The van der Waals surface area contributed by atoms with E-state index in [1.807, 2.05) is 0 Å². The molecule has 0 amide bonds. The number of rotatable bonds is 2. The maximum absolute atomic E-state index is 11.2. The summed E-state index contributed by atoms with van der Waals surface area (Å²) >= 11 is 0. The first-order valence-corrected chi connectivity index (χ1v) is 8.19. The first-order chi connectivity index (χ1) is 6.22. The molecule has 0 aromatic rings. The number of sulfone groups is 1. The minimum Gasteiger partial charge on any atom is -0.229 e. The second-order valence-electron chi connectivity index (χ2n) is 3.36. The lowest BCUT2D eigenvalue weighted by molar-refractivity contribution is 0.534. The molecule has 0 N–H and O–H groups in total. The Kier molecular flexibility index (Phi) is 3.28. The molecule has 4 nitrogen and oxygen atoms in total. The summed E-state index contributed by atoms with van der Waals surface area (Å²) in [6, 6.07) is 0. The zero-order chi connectivity index (χ0) is 11.0. The van der Waals surface area contributed by atoms with E-state index in [-0.39, 0.29) is 16.4 Å². The molecule has 1 aliphatic rings. The average Bonchev–Trinajstić information content (AvgIpc) is 1.99. The summed E-state index contributed by atoms with van der Waals surface area (Å²) in [5.41, 5.74) is 0. The van der Waals surface area contributed by atoms with Crippen molar-refractivity contribution in [1.82, 2.24) is 0 Å². The fourth-order valence-electron chi connectivity index (χ4n) is 1.48. The van der Waals surface area contributed by atoms with Crippen molar-refractivity contribution in [1.29, 1.82) is 0 Å². The van der Waals surface area contributed by atoms with E-state index in [1.165, 1.54) is 0 Å². The second kappa shape index (κ2) is 3.83. The fourth-order valence-corrected chi connectivity index (χ4v) is 4.31. The molecule has 1 rings (SSSR count). The minimum atomic E-state index is -3.84. The standard InChI is InChI=1S/C7H11ClO4S2/c1-6(14(8,11)12)7-3-2-4-13(9,10)5-7/h7H,1-5H2. The molecule has 0 bridgehead atoms. The van der Waals surface area contributed by atoms with Gasteiger partial charge >= 0.3 is 0 Å². The predicted octanol–water partition coefficient (Wildman–Crippen LogP) is 0.893. The van der Waals surface area contributed by atoms with Crippen LogP contribution in [0.4, 0.5) is 0 Å². The molecule has 1 atom stereocenters. The van der Waals surface area contributed by atoms with Gasteiger partial charge in [0.1, 0.15) is 0 Å². The van der Waals surface area contributed by atoms with Gasteiger partial charge < -0.3 is 0 Å². The molecule has 1 unspecified atom stereocenters. The van der Waals surface area contributed by atoms with Gasteiger partial charge in [-0.15, -0.1) is 0 Å². The van der Waals surface area contributed by atoms with Crippen molar-refractivity contribution in [3.05, 3.63) is 11.5 Å². The number of hydrogen-bond acceptors (Lipinski definition) is 4. The Balaban J connectivity index is 2.87. The van der Waals surface area contributed by atoms with Crippen LogP contribution >= 0.6 is 10.7 Å². The van der Waals surface area contributed by atoms with Crippen LogP contribution in [0.25, 0.3) is 0 Å². The Bertz CT molecular complexity index is 434.